The molecule has 3 N–H and O–H groups in total. The van der Waals surface area contributed by atoms with E-state index in [1.807, 2.05) is 6.92 Å². The quantitative estimate of drug-likeness (QED) is 0.678. The number of primary amides is 1. The van der Waals surface area contributed by atoms with Crippen molar-refractivity contribution >= 4 is 49.8 Å². The van der Waals surface area contributed by atoms with Crippen LogP contribution in [0.2, 0.25) is 0 Å². The molecule has 3 aromatic heterocycles. The van der Waals surface area contributed by atoms with Crippen molar-refractivity contribution in [2.75, 3.05) is 5.32 Å². The highest BCUT2D eigenvalue weighted by molar-refractivity contribution is 7.20. The first-order chi connectivity index (χ1) is 11.9. The van der Waals surface area contributed by atoms with Gasteiger partial charge in [0, 0.05) is 0 Å². The van der Waals surface area contributed by atoms with Gasteiger partial charge in [-0.2, -0.15) is 0 Å². The van der Waals surface area contributed by atoms with Gasteiger partial charge in [-0.1, -0.05) is 18.3 Å². The van der Waals surface area contributed by atoms with E-state index in [2.05, 4.69) is 20.5 Å². The zero-order chi connectivity index (χ0) is 18.1. The molecule has 2 amide bonds. The molecule has 0 unspecified atom stereocenters. The Morgan fingerprint density at radius 3 is 2.72 bits per heavy atom. The lowest BCUT2D eigenvalue weighted by Crippen LogP contribution is -2.28. The van der Waals surface area contributed by atoms with E-state index in [9.17, 15) is 14.4 Å². The Balaban J connectivity index is 1.87. The number of carbonyl (C=O) groups excluding carboxylic acids is 2. The molecular weight excluding hydrogens is 364 g/mol. The summed E-state index contributed by atoms with van der Waals surface area (Å²) in [6, 6.07) is 0. The molecule has 130 valence electrons. The molecular formula is C14H14N6O3S2. The molecule has 3 aromatic rings. The van der Waals surface area contributed by atoms with Crippen LogP contribution < -0.4 is 16.6 Å². The van der Waals surface area contributed by atoms with E-state index in [0.29, 0.717) is 25.8 Å². The van der Waals surface area contributed by atoms with Crippen LogP contribution in [0, 0.1) is 6.92 Å². The van der Waals surface area contributed by atoms with Crippen molar-refractivity contribution in [1.82, 2.24) is 19.7 Å². The van der Waals surface area contributed by atoms with E-state index in [4.69, 9.17) is 5.73 Å². The van der Waals surface area contributed by atoms with Gasteiger partial charge in [0.25, 0.3) is 11.5 Å². The van der Waals surface area contributed by atoms with Gasteiger partial charge >= 0.3 is 0 Å². The molecule has 3 rings (SSSR count). The van der Waals surface area contributed by atoms with Gasteiger partial charge in [0.2, 0.25) is 11.0 Å². The van der Waals surface area contributed by atoms with Crippen LogP contribution in [0.3, 0.4) is 0 Å². The van der Waals surface area contributed by atoms with Gasteiger partial charge in [0.15, 0.2) is 0 Å². The second-order valence-electron chi connectivity index (χ2n) is 5.18. The van der Waals surface area contributed by atoms with Crippen molar-refractivity contribution in [2.45, 2.75) is 26.8 Å². The fourth-order valence-corrected chi connectivity index (χ4v) is 3.95. The summed E-state index contributed by atoms with van der Waals surface area (Å²) in [7, 11) is 0. The Kier molecular flexibility index (Phi) is 4.59. The highest BCUT2D eigenvalue weighted by atomic mass is 32.1. The summed E-state index contributed by atoms with van der Waals surface area (Å²) in [5.41, 5.74) is 5.39. The number of aromatic nitrogens is 4. The Bertz CT molecular complexity index is 1040. The molecule has 25 heavy (non-hydrogen) atoms. The Hall–Kier alpha value is -2.66. The Morgan fingerprint density at radius 2 is 2.08 bits per heavy atom. The fourth-order valence-electron chi connectivity index (χ4n) is 2.27. The van der Waals surface area contributed by atoms with E-state index in [-0.39, 0.29) is 6.54 Å². The summed E-state index contributed by atoms with van der Waals surface area (Å²) in [5, 5.41) is 11.9. The van der Waals surface area contributed by atoms with Crippen LogP contribution in [-0.2, 0) is 17.8 Å². The maximum atomic E-state index is 12.6. The van der Waals surface area contributed by atoms with Crippen LogP contribution >= 0.6 is 22.7 Å². The molecule has 0 aliphatic carbocycles. The summed E-state index contributed by atoms with van der Waals surface area (Å²) in [4.78, 5) is 41.0. The standard InChI is InChI=1S/C14H14N6O3S2/c1-3-8-18-19-14(24-8)17-7(21)4-20-5-16-12-9(13(20)23)6(2)10(25-12)11(15)22/h5H,3-4H2,1-2H3,(H2,15,22)(H,17,19,21). The first kappa shape index (κ1) is 17.2. The molecule has 0 spiro atoms. The van der Waals surface area contributed by atoms with Gasteiger partial charge in [0.05, 0.1) is 16.6 Å². The average Bonchev–Trinajstić information content (AvgIpc) is 3.14. The summed E-state index contributed by atoms with van der Waals surface area (Å²) in [6.45, 7) is 3.36. The average molecular weight is 378 g/mol. The zero-order valence-corrected chi connectivity index (χ0v) is 15.0. The summed E-state index contributed by atoms with van der Waals surface area (Å²) < 4.78 is 1.18. The largest absolute Gasteiger partial charge is 0.365 e. The molecule has 11 heteroatoms. The lowest BCUT2D eigenvalue weighted by atomic mass is 10.2. The van der Waals surface area contributed by atoms with E-state index in [1.165, 1.54) is 22.2 Å². The van der Waals surface area contributed by atoms with Crippen molar-refractivity contribution in [3.63, 3.8) is 0 Å². The number of amides is 2. The van der Waals surface area contributed by atoms with Gasteiger partial charge in [-0.15, -0.1) is 21.5 Å². The van der Waals surface area contributed by atoms with Gasteiger partial charge < -0.3 is 5.73 Å². The van der Waals surface area contributed by atoms with Crippen molar-refractivity contribution in [3.05, 3.63) is 32.1 Å². The first-order valence-electron chi connectivity index (χ1n) is 7.31. The number of hydrogen-bond donors (Lipinski definition) is 2. The minimum absolute atomic E-state index is 0.218. The van der Waals surface area contributed by atoms with Crippen molar-refractivity contribution in [1.29, 1.82) is 0 Å². The maximum Gasteiger partial charge on any atom is 0.262 e. The monoisotopic (exact) mass is 378 g/mol. The molecule has 0 atom stereocenters. The second kappa shape index (κ2) is 6.69. The summed E-state index contributed by atoms with van der Waals surface area (Å²) in [6.07, 6.45) is 2.01. The lowest BCUT2D eigenvalue weighted by molar-refractivity contribution is -0.116. The molecule has 0 aromatic carbocycles. The molecule has 3 heterocycles. The summed E-state index contributed by atoms with van der Waals surface area (Å²) in [5.74, 6) is -1.02. The molecule has 0 fully saturated rings. The van der Waals surface area contributed by atoms with Crippen LogP contribution in [0.5, 0.6) is 0 Å². The number of carbonyl (C=O) groups is 2. The molecule has 0 radical (unpaired) electrons. The van der Waals surface area contributed by atoms with Gasteiger partial charge in [-0.3, -0.25) is 24.3 Å². The topological polar surface area (TPSA) is 133 Å². The predicted octanol–water partition coefficient (Wildman–Crippen LogP) is 0.918. The predicted molar refractivity (Wildman–Crippen MR) is 95.1 cm³/mol. The van der Waals surface area contributed by atoms with E-state index in [0.717, 1.165) is 22.8 Å². The number of rotatable bonds is 5. The summed E-state index contributed by atoms with van der Waals surface area (Å²) >= 11 is 2.35. The number of anilines is 1. The van der Waals surface area contributed by atoms with E-state index in [1.54, 1.807) is 6.92 Å². The molecule has 0 saturated carbocycles. The molecule has 0 saturated heterocycles. The normalized spacial score (nSPS) is 11.0. The van der Waals surface area contributed by atoms with Gasteiger partial charge in [-0.05, 0) is 18.9 Å². The number of aryl methyl sites for hydroxylation is 2. The van der Waals surface area contributed by atoms with Crippen LogP contribution in [-0.4, -0.2) is 31.6 Å². The Labute approximate surface area is 149 Å². The number of fused-ring (bicyclic) bond motifs is 1. The van der Waals surface area contributed by atoms with Crippen molar-refractivity contribution in [2.24, 2.45) is 5.73 Å². The van der Waals surface area contributed by atoms with Crippen LogP contribution in [0.4, 0.5) is 5.13 Å². The third-order valence-corrected chi connectivity index (χ3v) is 5.67. The van der Waals surface area contributed by atoms with Crippen LogP contribution in [0.15, 0.2) is 11.1 Å². The smallest absolute Gasteiger partial charge is 0.262 e. The van der Waals surface area contributed by atoms with Crippen LogP contribution in [0.1, 0.15) is 27.2 Å². The first-order valence-corrected chi connectivity index (χ1v) is 8.94. The molecule has 0 aliphatic rings. The molecule has 9 nitrogen and oxygen atoms in total. The van der Waals surface area contributed by atoms with Crippen molar-refractivity contribution < 1.29 is 9.59 Å². The molecule has 0 bridgehead atoms. The maximum absolute atomic E-state index is 12.6. The minimum Gasteiger partial charge on any atom is -0.365 e. The lowest BCUT2D eigenvalue weighted by Gasteiger charge is -2.05. The van der Waals surface area contributed by atoms with Crippen LogP contribution in [0.25, 0.3) is 10.2 Å². The third kappa shape index (κ3) is 3.28. The Morgan fingerprint density at radius 1 is 1.32 bits per heavy atom. The fraction of sp³-hybridized carbons (Fsp3) is 0.286. The number of hydrogen-bond acceptors (Lipinski definition) is 8. The van der Waals surface area contributed by atoms with Crippen molar-refractivity contribution in [3.8, 4) is 0 Å². The number of nitrogens with zero attached hydrogens (tertiary/aromatic N) is 4. The SMILES string of the molecule is CCc1nnc(NC(=O)Cn2cnc3sc(C(N)=O)c(C)c3c2=O)s1. The minimum atomic E-state index is -0.604. The molecule has 0 aliphatic heterocycles. The number of thiophene rings is 1. The van der Waals surface area contributed by atoms with Gasteiger partial charge in [-0.25, -0.2) is 4.98 Å². The van der Waals surface area contributed by atoms with Gasteiger partial charge in [0.1, 0.15) is 16.4 Å². The van der Waals surface area contributed by atoms with E-state index < -0.39 is 17.4 Å². The number of nitrogens with one attached hydrogen (secondary N) is 1. The number of nitrogens with two attached hydrogens (primary N) is 1. The highest BCUT2D eigenvalue weighted by Gasteiger charge is 2.18. The zero-order valence-electron chi connectivity index (χ0n) is 13.4. The second-order valence-corrected chi connectivity index (χ2v) is 7.24. The van der Waals surface area contributed by atoms with E-state index >= 15 is 0 Å². The highest BCUT2D eigenvalue weighted by Crippen LogP contribution is 2.26. The third-order valence-electron chi connectivity index (χ3n) is 3.47.